The number of ether oxygens (including phenoxy) is 2. The van der Waals surface area contributed by atoms with Crippen LogP contribution in [0.15, 0.2) is 6.20 Å². The van der Waals surface area contributed by atoms with Gasteiger partial charge in [0.05, 0.1) is 26.3 Å². The number of hydrogen-bond donors (Lipinski definition) is 1. The monoisotopic (exact) mass is 307 g/mol. The molecule has 1 saturated heterocycles. The van der Waals surface area contributed by atoms with E-state index in [0.29, 0.717) is 11.4 Å². The summed E-state index contributed by atoms with van der Waals surface area (Å²) in [6, 6.07) is 0.177. The number of aliphatic carboxylic acids is 1. The molecule has 1 N–H and O–H groups in total. The lowest BCUT2D eigenvalue weighted by atomic mass is 10.1. The molecule has 2 aromatic rings. The number of carboxylic acid groups (broad SMARTS) is 1. The fraction of sp³-hybridized carbons (Fsp3) is 0.417. The van der Waals surface area contributed by atoms with Gasteiger partial charge in [0.25, 0.3) is 5.95 Å². The van der Waals surface area contributed by atoms with E-state index in [9.17, 15) is 9.59 Å². The highest BCUT2D eigenvalue weighted by Crippen LogP contribution is 2.27. The van der Waals surface area contributed by atoms with Crippen molar-refractivity contribution in [1.82, 2.24) is 19.6 Å². The van der Waals surface area contributed by atoms with E-state index in [4.69, 9.17) is 14.6 Å². The molecule has 1 atom stereocenters. The number of rotatable bonds is 4. The van der Waals surface area contributed by atoms with Gasteiger partial charge in [0.2, 0.25) is 11.6 Å². The normalized spacial score (nSPS) is 18.0. The number of amides is 1. The highest BCUT2D eigenvalue weighted by Gasteiger charge is 2.37. The molecule has 0 bridgehead atoms. The highest BCUT2D eigenvalue weighted by atomic mass is 16.5. The predicted octanol–water partition coefficient (Wildman–Crippen LogP) is -0.421. The van der Waals surface area contributed by atoms with E-state index >= 15 is 0 Å². The van der Waals surface area contributed by atoms with Gasteiger partial charge in [0.15, 0.2) is 5.75 Å². The summed E-state index contributed by atoms with van der Waals surface area (Å²) in [4.78, 5) is 32.5. The van der Waals surface area contributed by atoms with E-state index in [1.54, 1.807) is 0 Å². The van der Waals surface area contributed by atoms with Crippen LogP contribution < -0.4 is 14.4 Å². The third kappa shape index (κ3) is 2.08. The highest BCUT2D eigenvalue weighted by molar-refractivity contribution is 5.98. The Kier molecular flexibility index (Phi) is 3.28. The topological polar surface area (TPSA) is 119 Å². The molecule has 0 radical (unpaired) electrons. The van der Waals surface area contributed by atoms with Gasteiger partial charge >= 0.3 is 12.0 Å². The molecule has 2 aromatic heterocycles. The number of aromatic nitrogens is 4. The van der Waals surface area contributed by atoms with Crippen molar-refractivity contribution in [2.24, 2.45) is 5.92 Å². The number of fused-ring (bicyclic) bond motifs is 1. The van der Waals surface area contributed by atoms with Crippen molar-refractivity contribution >= 4 is 23.5 Å². The quantitative estimate of drug-likeness (QED) is 0.808. The zero-order valence-corrected chi connectivity index (χ0v) is 11.9. The van der Waals surface area contributed by atoms with Crippen LogP contribution in [0.5, 0.6) is 11.8 Å². The van der Waals surface area contributed by atoms with Crippen LogP contribution in [0.25, 0.3) is 5.65 Å². The smallest absolute Gasteiger partial charge is 0.319 e. The standard InChI is InChI=1S/C12H13N5O5/c1-21-7-4-13-12(22-2)17-9(7)14-11(15-17)16-5-6(10(19)20)3-8(16)18/h4,6H,3,5H2,1-2H3,(H,19,20). The fourth-order valence-electron chi connectivity index (χ4n) is 2.28. The molecule has 0 spiro atoms. The first-order chi connectivity index (χ1) is 10.5. The summed E-state index contributed by atoms with van der Waals surface area (Å²) < 4.78 is 11.5. The van der Waals surface area contributed by atoms with Crippen LogP contribution in [-0.2, 0) is 9.59 Å². The second-order valence-electron chi connectivity index (χ2n) is 4.70. The molecule has 1 aliphatic heterocycles. The van der Waals surface area contributed by atoms with Gasteiger partial charge in [-0.3, -0.25) is 14.5 Å². The molecule has 0 aromatic carbocycles. The largest absolute Gasteiger partial charge is 0.491 e. The molecule has 116 valence electrons. The van der Waals surface area contributed by atoms with Crippen molar-refractivity contribution in [3.63, 3.8) is 0 Å². The van der Waals surface area contributed by atoms with E-state index in [1.807, 2.05) is 0 Å². The molecule has 1 amide bonds. The molecular formula is C12H13N5O5. The number of carbonyl (C=O) groups excluding carboxylic acids is 1. The lowest BCUT2D eigenvalue weighted by Crippen LogP contribution is -2.26. The SMILES string of the molecule is COc1cnc(OC)n2nc(N3CC(C(=O)O)CC3=O)nc12. The Morgan fingerprint density at radius 1 is 1.41 bits per heavy atom. The lowest BCUT2D eigenvalue weighted by molar-refractivity contribution is -0.141. The van der Waals surface area contributed by atoms with E-state index in [-0.39, 0.29) is 30.8 Å². The van der Waals surface area contributed by atoms with E-state index in [2.05, 4.69) is 15.1 Å². The van der Waals surface area contributed by atoms with Crippen molar-refractivity contribution in [3.05, 3.63) is 6.20 Å². The third-order valence-corrected chi connectivity index (χ3v) is 3.41. The zero-order chi connectivity index (χ0) is 15.9. The minimum absolute atomic E-state index is 0.0309. The van der Waals surface area contributed by atoms with Crippen LogP contribution in [0.4, 0.5) is 5.95 Å². The van der Waals surface area contributed by atoms with Gasteiger partial charge in [0, 0.05) is 13.0 Å². The van der Waals surface area contributed by atoms with Crippen molar-refractivity contribution in [1.29, 1.82) is 0 Å². The number of anilines is 1. The van der Waals surface area contributed by atoms with Gasteiger partial charge in [-0.05, 0) is 0 Å². The third-order valence-electron chi connectivity index (χ3n) is 3.41. The van der Waals surface area contributed by atoms with Gasteiger partial charge in [-0.2, -0.15) is 14.5 Å². The van der Waals surface area contributed by atoms with Crippen molar-refractivity contribution in [2.45, 2.75) is 6.42 Å². The van der Waals surface area contributed by atoms with E-state index < -0.39 is 11.9 Å². The molecule has 3 heterocycles. The summed E-state index contributed by atoms with van der Waals surface area (Å²) in [5.74, 6) is -1.66. The Labute approximate surface area is 124 Å². The Hall–Kier alpha value is -2.91. The van der Waals surface area contributed by atoms with Crippen LogP contribution in [0.1, 0.15) is 6.42 Å². The molecule has 1 unspecified atom stereocenters. The van der Waals surface area contributed by atoms with E-state index in [1.165, 1.54) is 29.8 Å². The minimum atomic E-state index is -1.02. The Bertz CT molecular complexity index is 717. The fourth-order valence-corrected chi connectivity index (χ4v) is 2.28. The van der Waals surface area contributed by atoms with Crippen LogP contribution >= 0.6 is 0 Å². The van der Waals surface area contributed by atoms with E-state index in [0.717, 1.165) is 0 Å². The number of carboxylic acids is 1. The van der Waals surface area contributed by atoms with Crippen LogP contribution in [-0.4, -0.2) is 57.3 Å². The molecule has 1 aliphatic rings. The van der Waals surface area contributed by atoms with Crippen LogP contribution in [0.2, 0.25) is 0 Å². The first kappa shape index (κ1) is 14.0. The molecule has 10 nitrogen and oxygen atoms in total. The second kappa shape index (κ2) is 5.13. The first-order valence-corrected chi connectivity index (χ1v) is 6.42. The first-order valence-electron chi connectivity index (χ1n) is 6.42. The number of methoxy groups -OCH3 is 2. The number of carbonyl (C=O) groups is 2. The van der Waals surface area contributed by atoms with Crippen LogP contribution in [0.3, 0.4) is 0 Å². The van der Waals surface area contributed by atoms with Crippen LogP contribution in [0, 0.1) is 5.92 Å². The molecular weight excluding hydrogens is 294 g/mol. The number of nitrogens with zero attached hydrogens (tertiary/aromatic N) is 5. The molecule has 1 fully saturated rings. The zero-order valence-electron chi connectivity index (χ0n) is 11.9. The Morgan fingerprint density at radius 2 is 2.18 bits per heavy atom. The molecule has 3 rings (SSSR count). The van der Waals surface area contributed by atoms with Crippen molar-refractivity contribution in [3.8, 4) is 11.8 Å². The van der Waals surface area contributed by atoms with Gasteiger partial charge in [0.1, 0.15) is 0 Å². The van der Waals surface area contributed by atoms with Crippen molar-refractivity contribution in [2.75, 3.05) is 25.7 Å². The molecule has 22 heavy (non-hydrogen) atoms. The Morgan fingerprint density at radius 3 is 2.77 bits per heavy atom. The number of hydrogen-bond acceptors (Lipinski definition) is 7. The summed E-state index contributed by atoms with van der Waals surface area (Å²) in [6.07, 6.45) is 1.36. The molecule has 0 saturated carbocycles. The Balaban J connectivity index is 2.05. The van der Waals surface area contributed by atoms with Crippen molar-refractivity contribution < 1.29 is 24.2 Å². The summed E-state index contributed by atoms with van der Waals surface area (Å²) in [6.45, 7) is 0.0309. The maximum absolute atomic E-state index is 12.0. The average Bonchev–Trinajstić information content (AvgIpc) is 3.09. The predicted molar refractivity (Wildman–Crippen MR) is 72.0 cm³/mol. The van der Waals surface area contributed by atoms with Gasteiger partial charge < -0.3 is 14.6 Å². The summed E-state index contributed by atoms with van der Waals surface area (Å²) in [5.41, 5.74) is 0.330. The minimum Gasteiger partial charge on any atom is -0.491 e. The van der Waals surface area contributed by atoms with Gasteiger partial charge in [-0.25, -0.2) is 0 Å². The average molecular weight is 307 g/mol. The summed E-state index contributed by atoms with van der Waals surface area (Å²) in [5, 5.41) is 13.2. The molecule has 10 heteroatoms. The maximum atomic E-state index is 12.0. The van der Waals surface area contributed by atoms with Gasteiger partial charge in [-0.15, -0.1) is 5.10 Å². The lowest BCUT2D eigenvalue weighted by Gasteiger charge is -2.09. The van der Waals surface area contributed by atoms with Gasteiger partial charge in [-0.1, -0.05) is 0 Å². The summed E-state index contributed by atoms with van der Waals surface area (Å²) >= 11 is 0. The molecule has 0 aliphatic carbocycles. The second-order valence-corrected chi connectivity index (χ2v) is 4.70. The maximum Gasteiger partial charge on any atom is 0.319 e. The summed E-state index contributed by atoms with van der Waals surface area (Å²) in [7, 11) is 2.89.